The molecule has 1 unspecified atom stereocenters. The first-order valence-electron chi connectivity index (χ1n) is 5.32. The van der Waals surface area contributed by atoms with Crippen LogP contribution in [0.15, 0.2) is 22.7 Å². The third-order valence-corrected chi connectivity index (χ3v) is 3.14. The Morgan fingerprint density at radius 2 is 2.31 bits per heavy atom. The van der Waals surface area contributed by atoms with E-state index in [0.29, 0.717) is 11.3 Å². The average molecular weight is 285 g/mol. The van der Waals surface area contributed by atoms with E-state index in [1.807, 2.05) is 6.07 Å². The average Bonchev–Trinajstić information content (AvgIpc) is 2.33. The predicted octanol–water partition coefficient (Wildman–Crippen LogP) is 3.17. The Balaban J connectivity index is 2.09. The number of carbonyl (C=O) groups excluding carboxylic acids is 1. The van der Waals surface area contributed by atoms with E-state index < -0.39 is 0 Å². The van der Waals surface area contributed by atoms with Crippen LogP contribution in [0, 0.1) is 0 Å². The van der Waals surface area contributed by atoms with E-state index in [-0.39, 0.29) is 6.29 Å². The normalized spacial score (nSPS) is 20.4. The fourth-order valence-electron chi connectivity index (χ4n) is 1.63. The highest BCUT2D eigenvalue weighted by molar-refractivity contribution is 9.10. The van der Waals surface area contributed by atoms with Gasteiger partial charge in [-0.1, -0.05) is 6.07 Å². The maximum Gasteiger partial charge on any atom is 0.199 e. The van der Waals surface area contributed by atoms with Crippen LogP contribution in [0.25, 0.3) is 0 Å². The van der Waals surface area contributed by atoms with Crippen molar-refractivity contribution in [1.82, 2.24) is 0 Å². The first kappa shape index (κ1) is 11.6. The third kappa shape index (κ3) is 2.83. The summed E-state index contributed by atoms with van der Waals surface area (Å²) in [5.74, 6) is 0.663. The summed E-state index contributed by atoms with van der Waals surface area (Å²) in [6.07, 6.45) is 3.73. The van der Waals surface area contributed by atoms with Gasteiger partial charge in [0.15, 0.2) is 6.29 Å². The van der Waals surface area contributed by atoms with Gasteiger partial charge in [-0.25, -0.2) is 0 Å². The van der Waals surface area contributed by atoms with Gasteiger partial charge in [-0.2, -0.15) is 0 Å². The van der Waals surface area contributed by atoms with Crippen molar-refractivity contribution in [3.8, 4) is 5.75 Å². The van der Waals surface area contributed by atoms with Gasteiger partial charge < -0.3 is 9.47 Å². The van der Waals surface area contributed by atoms with Gasteiger partial charge >= 0.3 is 0 Å². The SMILES string of the molecule is O=Cc1ccc(Br)c(OC2CCCCO2)c1. The smallest absolute Gasteiger partial charge is 0.199 e. The number of benzene rings is 1. The number of hydrogen-bond donors (Lipinski definition) is 0. The Bertz CT molecular complexity index is 373. The molecule has 3 nitrogen and oxygen atoms in total. The highest BCUT2D eigenvalue weighted by Gasteiger charge is 2.16. The van der Waals surface area contributed by atoms with Gasteiger partial charge in [0.25, 0.3) is 0 Å². The molecule has 1 aliphatic rings. The molecule has 1 atom stereocenters. The quantitative estimate of drug-likeness (QED) is 0.800. The Morgan fingerprint density at radius 1 is 1.44 bits per heavy atom. The van der Waals surface area contributed by atoms with Gasteiger partial charge in [0.2, 0.25) is 0 Å². The topological polar surface area (TPSA) is 35.5 Å². The maximum absolute atomic E-state index is 10.7. The van der Waals surface area contributed by atoms with Crippen molar-refractivity contribution in [3.63, 3.8) is 0 Å². The third-order valence-electron chi connectivity index (χ3n) is 2.49. The molecule has 1 aromatic carbocycles. The van der Waals surface area contributed by atoms with E-state index >= 15 is 0 Å². The minimum Gasteiger partial charge on any atom is -0.464 e. The van der Waals surface area contributed by atoms with Crippen molar-refractivity contribution in [3.05, 3.63) is 28.2 Å². The zero-order chi connectivity index (χ0) is 11.4. The van der Waals surface area contributed by atoms with E-state index in [1.54, 1.807) is 12.1 Å². The summed E-state index contributed by atoms with van der Waals surface area (Å²) < 4.78 is 12.0. The zero-order valence-corrected chi connectivity index (χ0v) is 10.4. The minimum absolute atomic E-state index is 0.188. The lowest BCUT2D eigenvalue weighted by molar-refractivity contribution is -0.106. The Hall–Kier alpha value is -0.870. The van der Waals surface area contributed by atoms with Gasteiger partial charge in [0.1, 0.15) is 12.0 Å². The summed E-state index contributed by atoms with van der Waals surface area (Å²) >= 11 is 3.39. The van der Waals surface area contributed by atoms with Crippen LogP contribution >= 0.6 is 15.9 Å². The molecule has 86 valence electrons. The number of aldehydes is 1. The van der Waals surface area contributed by atoms with Crippen LogP contribution in [0.4, 0.5) is 0 Å². The number of halogens is 1. The van der Waals surface area contributed by atoms with E-state index in [4.69, 9.17) is 9.47 Å². The molecule has 0 aromatic heterocycles. The largest absolute Gasteiger partial charge is 0.464 e. The second-order valence-corrected chi connectivity index (χ2v) is 4.58. The molecule has 0 spiro atoms. The van der Waals surface area contributed by atoms with Crippen LogP contribution in [-0.2, 0) is 4.74 Å². The minimum atomic E-state index is -0.188. The van der Waals surface area contributed by atoms with E-state index in [1.165, 1.54) is 0 Å². The molecule has 0 amide bonds. The molecule has 0 bridgehead atoms. The van der Waals surface area contributed by atoms with Gasteiger partial charge in [-0.05, 0) is 40.9 Å². The molecule has 1 aliphatic heterocycles. The molecule has 0 radical (unpaired) electrons. The lowest BCUT2D eigenvalue weighted by Crippen LogP contribution is -2.25. The summed E-state index contributed by atoms with van der Waals surface area (Å²) in [7, 11) is 0. The van der Waals surface area contributed by atoms with Crippen molar-refractivity contribution in [1.29, 1.82) is 0 Å². The highest BCUT2D eigenvalue weighted by Crippen LogP contribution is 2.28. The number of carbonyl (C=O) groups is 1. The van der Waals surface area contributed by atoms with Gasteiger partial charge in [0, 0.05) is 12.0 Å². The molecule has 0 aliphatic carbocycles. The second kappa shape index (κ2) is 5.46. The van der Waals surface area contributed by atoms with Gasteiger partial charge in [-0.15, -0.1) is 0 Å². The van der Waals surface area contributed by atoms with Crippen molar-refractivity contribution >= 4 is 22.2 Å². The van der Waals surface area contributed by atoms with Crippen molar-refractivity contribution < 1.29 is 14.3 Å². The van der Waals surface area contributed by atoms with Gasteiger partial charge in [0.05, 0.1) is 11.1 Å². The molecule has 16 heavy (non-hydrogen) atoms. The molecular weight excluding hydrogens is 272 g/mol. The van der Waals surface area contributed by atoms with Crippen LogP contribution in [0.3, 0.4) is 0 Å². The fraction of sp³-hybridized carbons (Fsp3) is 0.417. The lowest BCUT2D eigenvalue weighted by atomic mass is 10.2. The summed E-state index contributed by atoms with van der Waals surface area (Å²) in [6, 6.07) is 5.27. The molecule has 4 heteroatoms. The number of ether oxygens (including phenoxy) is 2. The molecule has 1 aromatic rings. The lowest BCUT2D eigenvalue weighted by Gasteiger charge is -2.24. The van der Waals surface area contributed by atoms with Crippen molar-refractivity contribution in [2.75, 3.05) is 6.61 Å². The van der Waals surface area contributed by atoms with E-state index in [2.05, 4.69) is 15.9 Å². The molecule has 1 saturated heterocycles. The van der Waals surface area contributed by atoms with Crippen LogP contribution in [-0.4, -0.2) is 19.2 Å². The van der Waals surface area contributed by atoms with E-state index in [0.717, 1.165) is 36.6 Å². The summed E-state index contributed by atoms with van der Waals surface area (Å²) in [5, 5.41) is 0. The van der Waals surface area contributed by atoms with Gasteiger partial charge in [-0.3, -0.25) is 4.79 Å². The molecule has 0 N–H and O–H groups in total. The molecule has 1 fully saturated rings. The van der Waals surface area contributed by atoms with Crippen molar-refractivity contribution in [2.45, 2.75) is 25.6 Å². The molecular formula is C12H13BrO3. The first-order valence-corrected chi connectivity index (χ1v) is 6.12. The predicted molar refractivity (Wildman–Crippen MR) is 63.7 cm³/mol. The Morgan fingerprint density at radius 3 is 3.00 bits per heavy atom. The molecule has 1 heterocycles. The number of hydrogen-bond acceptors (Lipinski definition) is 3. The van der Waals surface area contributed by atoms with Crippen LogP contribution in [0.5, 0.6) is 5.75 Å². The summed E-state index contributed by atoms with van der Waals surface area (Å²) in [4.78, 5) is 10.7. The van der Waals surface area contributed by atoms with E-state index in [9.17, 15) is 4.79 Å². The Labute approximate surface area is 103 Å². The number of rotatable bonds is 3. The fourth-order valence-corrected chi connectivity index (χ4v) is 1.97. The maximum atomic E-state index is 10.7. The Kier molecular flexibility index (Phi) is 3.96. The molecule has 2 rings (SSSR count). The van der Waals surface area contributed by atoms with Crippen LogP contribution in [0.1, 0.15) is 29.6 Å². The highest BCUT2D eigenvalue weighted by atomic mass is 79.9. The standard InChI is InChI=1S/C12H13BrO3/c13-10-5-4-9(8-14)7-11(10)16-12-3-1-2-6-15-12/h4-5,7-8,12H,1-3,6H2. The summed E-state index contributed by atoms with van der Waals surface area (Å²) in [6.45, 7) is 0.746. The monoisotopic (exact) mass is 284 g/mol. The zero-order valence-electron chi connectivity index (χ0n) is 8.82. The van der Waals surface area contributed by atoms with Crippen molar-refractivity contribution in [2.24, 2.45) is 0 Å². The first-order chi connectivity index (χ1) is 7.79. The second-order valence-electron chi connectivity index (χ2n) is 3.72. The molecule has 0 saturated carbocycles. The van der Waals surface area contributed by atoms with Crippen LogP contribution < -0.4 is 4.74 Å². The summed E-state index contributed by atoms with van der Waals surface area (Å²) in [5.41, 5.74) is 0.606. The van der Waals surface area contributed by atoms with Crippen LogP contribution in [0.2, 0.25) is 0 Å².